The summed E-state index contributed by atoms with van der Waals surface area (Å²) < 4.78 is 26.5. The second kappa shape index (κ2) is 5.81. The molecule has 5 nitrogen and oxygen atoms in total. The molecule has 0 atom stereocenters. The zero-order valence-electron chi connectivity index (χ0n) is 9.95. The molecule has 1 aromatic heterocycles. The molecule has 0 saturated carbocycles. The van der Waals surface area contributed by atoms with Crippen LogP contribution in [-0.2, 0) is 0 Å². The zero-order valence-corrected chi connectivity index (χ0v) is 10.7. The average molecular weight is 299 g/mol. The van der Waals surface area contributed by atoms with Gasteiger partial charge in [0.1, 0.15) is 5.82 Å². The molecule has 0 aliphatic carbocycles. The topological polar surface area (TPSA) is 80.0 Å². The van der Waals surface area contributed by atoms with Gasteiger partial charge >= 0.3 is 0 Å². The van der Waals surface area contributed by atoms with Gasteiger partial charge in [-0.05, 0) is 18.2 Å². The normalized spacial score (nSPS) is 10.2. The molecule has 0 spiro atoms. The molecule has 0 bridgehead atoms. The van der Waals surface area contributed by atoms with E-state index in [0.29, 0.717) is 6.07 Å². The Morgan fingerprint density at radius 1 is 1.35 bits per heavy atom. The molecule has 0 aliphatic heterocycles. The monoisotopic (exact) mass is 298 g/mol. The second-order valence-corrected chi connectivity index (χ2v) is 4.15. The third-order valence-electron chi connectivity index (χ3n) is 2.43. The van der Waals surface area contributed by atoms with Crippen LogP contribution in [0.4, 0.5) is 20.3 Å². The number of hydrogen-bond donors (Lipinski definition) is 3. The van der Waals surface area contributed by atoms with Gasteiger partial charge in [-0.25, -0.2) is 19.6 Å². The number of benzene rings is 1. The van der Waals surface area contributed by atoms with Crippen LogP contribution < -0.4 is 16.6 Å². The van der Waals surface area contributed by atoms with E-state index < -0.39 is 17.5 Å². The summed E-state index contributed by atoms with van der Waals surface area (Å²) in [5.41, 5.74) is 2.02. The standard InChI is InChI=1S/C12H9ClF2N4O/c13-8-4-6(14)5-9(15)10(8)18-12(20)7-2-1-3-17-11(7)19-16/h1-5H,16H2,(H,17,19)(H,18,20). The lowest BCUT2D eigenvalue weighted by atomic mass is 10.2. The van der Waals surface area contributed by atoms with Gasteiger partial charge in [0.05, 0.1) is 16.3 Å². The first-order chi connectivity index (χ1) is 9.52. The van der Waals surface area contributed by atoms with Gasteiger partial charge in [0, 0.05) is 12.3 Å². The summed E-state index contributed by atoms with van der Waals surface area (Å²) in [5.74, 6) is 2.84. The molecule has 0 radical (unpaired) electrons. The zero-order chi connectivity index (χ0) is 14.7. The van der Waals surface area contributed by atoms with Gasteiger partial charge in [-0.3, -0.25) is 4.79 Å². The van der Waals surface area contributed by atoms with E-state index in [-0.39, 0.29) is 22.1 Å². The summed E-state index contributed by atoms with van der Waals surface area (Å²) in [6, 6.07) is 4.46. The summed E-state index contributed by atoms with van der Waals surface area (Å²) >= 11 is 5.69. The summed E-state index contributed by atoms with van der Waals surface area (Å²) in [6.45, 7) is 0. The molecule has 1 heterocycles. The van der Waals surface area contributed by atoms with Crippen molar-refractivity contribution in [3.05, 3.63) is 52.7 Å². The van der Waals surface area contributed by atoms with Gasteiger partial charge in [0.2, 0.25) is 0 Å². The fourth-order valence-corrected chi connectivity index (χ4v) is 1.79. The van der Waals surface area contributed by atoms with Crippen molar-refractivity contribution in [2.45, 2.75) is 0 Å². The van der Waals surface area contributed by atoms with Gasteiger partial charge in [-0.2, -0.15) is 0 Å². The van der Waals surface area contributed by atoms with E-state index in [1.807, 2.05) is 0 Å². The lowest BCUT2D eigenvalue weighted by Crippen LogP contribution is -2.19. The number of carbonyl (C=O) groups excluding carboxylic acids is 1. The molecule has 20 heavy (non-hydrogen) atoms. The van der Waals surface area contributed by atoms with E-state index in [1.165, 1.54) is 18.3 Å². The quantitative estimate of drug-likeness (QED) is 0.601. The van der Waals surface area contributed by atoms with E-state index in [0.717, 1.165) is 6.07 Å². The highest BCUT2D eigenvalue weighted by atomic mass is 35.5. The molecule has 2 aromatic rings. The van der Waals surface area contributed by atoms with E-state index in [4.69, 9.17) is 17.4 Å². The molecule has 104 valence electrons. The number of anilines is 2. The minimum atomic E-state index is -0.977. The van der Waals surface area contributed by atoms with Crippen LogP contribution in [0.1, 0.15) is 10.4 Å². The Morgan fingerprint density at radius 2 is 2.10 bits per heavy atom. The van der Waals surface area contributed by atoms with Crippen LogP contribution in [0, 0.1) is 11.6 Å². The number of amides is 1. The lowest BCUT2D eigenvalue weighted by molar-refractivity contribution is 0.102. The van der Waals surface area contributed by atoms with Crippen molar-refractivity contribution in [2.75, 3.05) is 10.7 Å². The second-order valence-electron chi connectivity index (χ2n) is 3.74. The Labute approximate surface area is 117 Å². The van der Waals surface area contributed by atoms with Crippen molar-refractivity contribution in [1.29, 1.82) is 0 Å². The summed E-state index contributed by atoms with van der Waals surface area (Å²) in [6.07, 6.45) is 1.43. The molecule has 0 aliphatic rings. The average Bonchev–Trinajstić information content (AvgIpc) is 2.42. The van der Waals surface area contributed by atoms with Crippen molar-refractivity contribution in [2.24, 2.45) is 5.84 Å². The minimum Gasteiger partial charge on any atom is -0.318 e. The predicted molar refractivity (Wildman–Crippen MR) is 71.4 cm³/mol. The number of halogens is 3. The SMILES string of the molecule is NNc1ncccc1C(=O)Nc1c(F)cc(F)cc1Cl. The molecule has 2 rings (SSSR count). The maximum atomic E-state index is 13.6. The van der Waals surface area contributed by atoms with E-state index in [1.54, 1.807) is 0 Å². The summed E-state index contributed by atoms with van der Waals surface area (Å²) in [7, 11) is 0. The first kappa shape index (κ1) is 14.2. The molecule has 1 amide bonds. The lowest BCUT2D eigenvalue weighted by Gasteiger charge is -2.10. The Bertz CT molecular complexity index is 643. The summed E-state index contributed by atoms with van der Waals surface area (Å²) in [5, 5.41) is 2.00. The molecule has 4 N–H and O–H groups in total. The highest BCUT2D eigenvalue weighted by molar-refractivity contribution is 6.34. The Hall–Kier alpha value is -2.25. The van der Waals surface area contributed by atoms with Crippen molar-refractivity contribution in [3.8, 4) is 0 Å². The number of nitrogens with one attached hydrogen (secondary N) is 2. The van der Waals surface area contributed by atoms with Crippen LogP contribution >= 0.6 is 11.6 Å². The van der Waals surface area contributed by atoms with Crippen molar-refractivity contribution in [3.63, 3.8) is 0 Å². The smallest absolute Gasteiger partial charge is 0.259 e. The molecular weight excluding hydrogens is 290 g/mol. The Kier molecular flexibility index (Phi) is 4.11. The third kappa shape index (κ3) is 2.84. The summed E-state index contributed by atoms with van der Waals surface area (Å²) in [4.78, 5) is 15.9. The molecule has 0 unspecified atom stereocenters. The Balaban J connectivity index is 2.33. The van der Waals surface area contributed by atoms with Crippen molar-refractivity contribution in [1.82, 2.24) is 4.98 Å². The molecule has 8 heteroatoms. The van der Waals surface area contributed by atoms with Gasteiger partial charge in [0.25, 0.3) is 5.91 Å². The fourth-order valence-electron chi connectivity index (χ4n) is 1.55. The molecule has 0 fully saturated rings. The largest absolute Gasteiger partial charge is 0.318 e. The first-order valence-electron chi connectivity index (χ1n) is 5.40. The number of rotatable bonds is 3. The van der Waals surface area contributed by atoms with Gasteiger partial charge < -0.3 is 10.7 Å². The number of hydrazine groups is 1. The number of nitrogens with zero attached hydrogens (tertiary/aromatic N) is 1. The van der Waals surface area contributed by atoms with E-state index in [9.17, 15) is 13.6 Å². The van der Waals surface area contributed by atoms with Crippen LogP contribution in [0.5, 0.6) is 0 Å². The highest BCUT2D eigenvalue weighted by Crippen LogP contribution is 2.27. The van der Waals surface area contributed by atoms with E-state index >= 15 is 0 Å². The number of nitrogen functional groups attached to an aromatic ring is 1. The number of nitrogens with two attached hydrogens (primary N) is 1. The van der Waals surface area contributed by atoms with Crippen molar-refractivity contribution < 1.29 is 13.6 Å². The van der Waals surface area contributed by atoms with Crippen LogP contribution in [0.2, 0.25) is 5.02 Å². The number of hydrogen-bond acceptors (Lipinski definition) is 4. The van der Waals surface area contributed by atoms with E-state index in [2.05, 4.69) is 15.7 Å². The molecule has 0 saturated heterocycles. The van der Waals surface area contributed by atoms with Gasteiger partial charge in [-0.1, -0.05) is 11.6 Å². The van der Waals surface area contributed by atoms with Crippen LogP contribution in [0.25, 0.3) is 0 Å². The first-order valence-corrected chi connectivity index (χ1v) is 5.78. The third-order valence-corrected chi connectivity index (χ3v) is 2.73. The number of carbonyl (C=O) groups is 1. The fraction of sp³-hybridized carbons (Fsp3) is 0. The predicted octanol–water partition coefficient (Wildman–Crippen LogP) is 2.55. The van der Waals surface area contributed by atoms with Crippen LogP contribution in [0.3, 0.4) is 0 Å². The number of aromatic nitrogens is 1. The van der Waals surface area contributed by atoms with Crippen molar-refractivity contribution >= 4 is 29.0 Å². The Morgan fingerprint density at radius 3 is 2.75 bits per heavy atom. The number of pyridine rings is 1. The maximum Gasteiger partial charge on any atom is 0.259 e. The van der Waals surface area contributed by atoms with Gasteiger partial charge in [-0.15, -0.1) is 0 Å². The van der Waals surface area contributed by atoms with Crippen LogP contribution in [-0.4, -0.2) is 10.9 Å². The maximum absolute atomic E-state index is 13.6. The highest BCUT2D eigenvalue weighted by Gasteiger charge is 2.16. The minimum absolute atomic E-state index is 0.0924. The van der Waals surface area contributed by atoms with Gasteiger partial charge in [0.15, 0.2) is 11.6 Å². The van der Waals surface area contributed by atoms with Crippen LogP contribution in [0.15, 0.2) is 30.5 Å². The molecular formula is C12H9ClF2N4O. The molecule has 1 aromatic carbocycles.